The van der Waals surface area contributed by atoms with Crippen LogP contribution in [0.1, 0.15) is 13.3 Å². The number of hydrogen-bond acceptors (Lipinski definition) is 2. The molecule has 1 aromatic rings. The fourth-order valence-corrected chi connectivity index (χ4v) is 1.97. The molecule has 1 aliphatic heterocycles. The highest BCUT2D eigenvalue weighted by molar-refractivity contribution is 6.06. The Hall–Kier alpha value is -1.91. The highest BCUT2D eigenvalue weighted by Crippen LogP contribution is 2.21. The smallest absolute Gasteiger partial charge is 0.247 e. The van der Waals surface area contributed by atoms with Crippen LogP contribution in [0.2, 0.25) is 0 Å². The number of anilines is 1. The quantitative estimate of drug-likeness (QED) is 0.835. The second kappa shape index (κ2) is 4.53. The molecule has 0 aliphatic carbocycles. The zero-order chi connectivity index (χ0) is 12.4. The molecule has 0 radical (unpaired) electrons. The summed E-state index contributed by atoms with van der Waals surface area (Å²) in [6.07, 6.45) is 0.494. The van der Waals surface area contributed by atoms with E-state index in [0.29, 0.717) is 12.1 Å². The molecule has 1 aliphatic rings. The molecule has 5 heteroatoms. The van der Waals surface area contributed by atoms with E-state index in [2.05, 4.69) is 5.32 Å². The van der Waals surface area contributed by atoms with E-state index in [-0.39, 0.29) is 18.4 Å². The fraction of sp³-hybridized carbons (Fsp3) is 0.333. The van der Waals surface area contributed by atoms with Crippen molar-refractivity contribution < 1.29 is 14.0 Å². The first kappa shape index (κ1) is 11.6. The van der Waals surface area contributed by atoms with E-state index in [1.54, 1.807) is 6.07 Å². The van der Waals surface area contributed by atoms with Gasteiger partial charge in [-0.3, -0.25) is 14.5 Å². The summed E-state index contributed by atoms with van der Waals surface area (Å²) in [4.78, 5) is 24.8. The summed E-state index contributed by atoms with van der Waals surface area (Å²) in [5.41, 5.74) is 0.428. The molecule has 1 unspecified atom stereocenters. The molecule has 4 nitrogen and oxygen atoms in total. The Balaban J connectivity index is 2.39. The van der Waals surface area contributed by atoms with Gasteiger partial charge in [-0.2, -0.15) is 0 Å². The molecule has 0 spiro atoms. The van der Waals surface area contributed by atoms with Crippen molar-refractivity contribution in [2.75, 3.05) is 11.4 Å². The van der Waals surface area contributed by atoms with Gasteiger partial charge < -0.3 is 5.32 Å². The molecule has 1 heterocycles. The van der Waals surface area contributed by atoms with Crippen LogP contribution in [0.5, 0.6) is 0 Å². The molecule has 1 fully saturated rings. The maximum Gasteiger partial charge on any atom is 0.247 e. The van der Waals surface area contributed by atoms with Crippen molar-refractivity contribution in [3.8, 4) is 0 Å². The Kier molecular flexibility index (Phi) is 3.08. The molecule has 17 heavy (non-hydrogen) atoms. The molecule has 0 aromatic heterocycles. The van der Waals surface area contributed by atoms with E-state index in [1.165, 1.54) is 23.1 Å². The van der Waals surface area contributed by atoms with Crippen LogP contribution in [0.15, 0.2) is 24.3 Å². The molecule has 2 rings (SSSR count). The van der Waals surface area contributed by atoms with Crippen LogP contribution in [0.3, 0.4) is 0 Å². The van der Waals surface area contributed by atoms with Gasteiger partial charge in [0.05, 0.1) is 6.54 Å². The zero-order valence-corrected chi connectivity index (χ0v) is 9.44. The van der Waals surface area contributed by atoms with Crippen LogP contribution < -0.4 is 10.2 Å². The summed E-state index contributed by atoms with van der Waals surface area (Å²) in [5, 5.41) is 2.52. The monoisotopic (exact) mass is 236 g/mol. The first-order valence-electron chi connectivity index (χ1n) is 5.49. The van der Waals surface area contributed by atoms with E-state index >= 15 is 0 Å². The Labute approximate surface area is 98.4 Å². The number of piperazine rings is 1. The highest BCUT2D eigenvalue weighted by Gasteiger charge is 2.34. The van der Waals surface area contributed by atoms with Gasteiger partial charge in [0.25, 0.3) is 0 Å². The van der Waals surface area contributed by atoms with Crippen LogP contribution in [-0.2, 0) is 9.59 Å². The lowest BCUT2D eigenvalue weighted by Crippen LogP contribution is -2.58. The van der Waals surface area contributed by atoms with Crippen molar-refractivity contribution in [1.29, 1.82) is 0 Å². The zero-order valence-electron chi connectivity index (χ0n) is 9.44. The van der Waals surface area contributed by atoms with E-state index in [9.17, 15) is 14.0 Å². The third kappa shape index (κ3) is 2.13. The summed E-state index contributed by atoms with van der Waals surface area (Å²) in [7, 11) is 0. The van der Waals surface area contributed by atoms with E-state index in [1.807, 2.05) is 6.92 Å². The summed E-state index contributed by atoms with van der Waals surface area (Å²) < 4.78 is 13.1. The summed E-state index contributed by atoms with van der Waals surface area (Å²) >= 11 is 0. The number of nitrogens with one attached hydrogen (secondary N) is 1. The molecular formula is C12H13FN2O2. The minimum Gasteiger partial charge on any atom is -0.345 e. The topological polar surface area (TPSA) is 49.4 Å². The van der Waals surface area contributed by atoms with Crippen molar-refractivity contribution >= 4 is 17.5 Å². The minimum atomic E-state index is -0.557. The lowest BCUT2D eigenvalue weighted by molar-refractivity contribution is -0.131. The maximum absolute atomic E-state index is 13.1. The van der Waals surface area contributed by atoms with Crippen molar-refractivity contribution in [3.63, 3.8) is 0 Å². The second-order valence-corrected chi connectivity index (χ2v) is 3.89. The Morgan fingerprint density at radius 3 is 2.88 bits per heavy atom. The molecule has 0 bridgehead atoms. The number of carbonyl (C=O) groups excluding carboxylic acids is 2. The first-order chi connectivity index (χ1) is 8.13. The molecule has 2 amide bonds. The third-order valence-corrected chi connectivity index (χ3v) is 2.77. The Morgan fingerprint density at radius 1 is 1.47 bits per heavy atom. The average Bonchev–Trinajstić information content (AvgIpc) is 2.31. The third-order valence-electron chi connectivity index (χ3n) is 2.77. The number of amides is 2. The summed E-state index contributed by atoms with van der Waals surface area (Å²) in [6, 6.07) is 5.16. The van der Waals surface area contributed by atoms with Crippen molar-refractivity contribution in [3.05, 3.63) is 30.1 Å². The Morgan fingerprint density at radius 2 is 2.24 bits per heavy atom. The molecule has 1 atom stereocenters. The van der Waals surface area contributed by atoms with Gasteiger partial charge in [0.2, 0.25) is 11.8 Å². The molecule has 1 N–H and O–H groups in total. The minimum absolute atomic E-state index is 0.0359. The normalized spacial score (nSPS) is 20.4. The Bertz CT molecular complexity index is 462. The van der Waals surface area contributed by atoms with Crippen LogP contribution in [-0.4, -0.2) is 24.4 Å². The van der Waals surface area contributed by atoms with Crippen LogP contribution in [0.4, 0.5) is 10.1 Å². The van der Waals surface area contributed by atoms with Crippen molar-refractivity contribution in [2.24, 2.45) is 0 Å². The number of rotatable bonds is 2. The van der Waals surface area contributed by atoms with Gasteiger partial charge in [0.1, 0.15) is 11.9 Å². The number of nitrogens with zero attached hydrogens (tertiary/aromatic N) is 1. The number of carbonyl (C=O) groups is 2. The summed E-state index contributed by atoms with van der Waals surface area (Å²) in [5.74, 6) is -0.838. The van der Waals surface area contributed by atoms with E-state index in [0.717, 1.165) is 0 Å². The SMILES string of the molecule is CCC1C(=O)NCC(=O)N1c1cccc(F)c1. The van der Waals surface area contributed by atoms with Crippen LogP contribution >= 0.6 is 0 Å². The number of benzene rings is 1. The fourth-order valence-electron chi connectivity index (χ4n) is 1.97. The molecular weight excluding hydrogens is 223 g/mol. The van der Waals surface area contributed by atoms with Gasteiger partial charge >= 0.3 is 0 Å². The molecule has 1 saturated heterocycles. The first-order valence-corrected chi connectivity index (χ1v) is 5.49. The maximum atomic E-state index is 13.1. The predicted octanol–water partition coefficient (Wildman–Crippen LogP) is 1.07. The predicted molar refractivity (Wildman–Crippen MR) is 61.0 cm³/mol. The lowest BCUT2D eigenvalue weighted by atomic mass is 10.1. The van der Waals surface area contributed by atoms with Crippen molar-refractivity contribution in [2.45, 2.75) is 19.4 Å². The van der Waals surface area contributed by atoms with E-state index < -0.39 is 11.9 Å². The largest absolute Gasteiger partial charge is 0.345 e. The van der Waals surface area contributed by atoms with Gasteiger partial charge in [-0.05, 0) is 24.6 Å². The molecule has 90 valence electrons. The highest BCUT2D eigenvalue weighted by atomic mass is 19.1. The van der Waals surface area contributed by atoms with Gasteiger partial charge in [0.15, 0.2) is 0 Å². The number of hydrogen-bond donors (Lipinski definition) is 1. The van der Waals surface area contributed by atoms with Crippen molar-refractivity contribution in [1.82, 2.24) is 5.32 Å². The standard InChI is InChI=1S/C12H13FN2O2/c1-2-10-12(17)14-7-11(16)15(10)9-5-3-4-8(13)6-9/h3-6,10H,2,7H2,1H3,(H,14,17). The lowest BCUT2D eigenvalue weighted by Gasteiger charge is -2.34. The summed E-state index contributed by atoms with van der Waals surface area (Å²) in [6.45, 7) is 1.78. The molecule has 1 aromatic carbocycles. The average molecular weight is 236 g/mol. The number of halogens is 1. The van der Waals surface area contributed by atoms with Gasteiger partial charge in [-0.15, -0.1) is 0 Å². The van der Waals surface area contributed by atoms with Gasteiger partial charge in [0, 0.05) is 5.69 Å². The second-order valence-electron chi connectivity index (χ2n) is 3.89. The van der Waals surface area contributed by atoms with E-state index in [4.69, 9.17) is 0 Å². The van der Waals surface area contributed by atoms with Gasteiger partial charge in [-0.1, -0.05) is 13.0 Å². The van der Waals surface area contributed by atoms with Crippen LogP contribution in [0, 0.1) is 5.82 Å². The van der Waals surface area contributed by atoms with Crippen LogP contribution in [0.25, 0.3) is 0 Å². The molecule has 0 saturated carbocycles. The van der Waals surface area contributed by atoms with Gasteiger partial charge in [-0.25, -0.2) is 4.39 Å².